The summed E-state index contributed by atoms with van der Waals surface area (Å²) in [5, 5.41) is 14.4. The van der Waals surface area contributed by atoms with E-state index in [1.54, 1.807) is 60.7 Å². The van der Waals surface area contributed by atoms with Crippen LogP contribution >= 0.6 is 23.2 Å². The summed E-state index contributed by atoms with van der Waals surface area (Å²) in [4.78, 5) is 36.6. The van der Waals surface area contributed by atoms with Gasteiger partial charge in [-0.3, -0.25) is 19.7 Å². The molecule has 0 saturated carbocycles. The molecular weight excluding hydrogens is 491 g/mol. The van der Waals surface area contributed by atoms with Gasteiger partial charge in [-0.2, -0.15) is 0 Å². The van der Waals surface area contributed by atoms with Crippen molar-refractivity contribution in [3.63, 3.8) is 0 Å². The molecule has 0 aromatic heterocycles. The SMILES string of the molecule is O=C(Nc1ccc(Oc2ccc(Cl)cc2)cc1)c1ccccc1C(=O)c1ccc(Cl)c([N+](=O)[O-])c1. The van der Waals surface area contributed by atoms with Crippen molar-refractivity contribution in [1.29, 1.82) is 0 Å². The Balaban J connectivity index is 1.52. The molecule has 9 heteroatoms. The van der Waals surface area contributed by atoms with E-state index in [2.05, 4.69) is 5.32 Å². The number of hydrogen-bond acceptors (Lipinski definition) is 5. The number of hydrogen-bond donors (Lipinski definition) is 1. The Kier molecular flexibility index (Phi) is 7.10. The molecule has 0 unspecified atom stereocenters. The summed E-state index contributed by atoms with van der Waals surface area (Å²) in [5.41, 5.74) is 0.370. The number of carbonyl (C=O) groups is 2. The van der Waals surface area contributed by atoms with Crippen LogP contribution in [0.25, 0.3) is 0 Å². The Morgan fingerprint density at radius 3 is 2.03 bits per heavy atom. The highest BCUT2D eigenvalue weighted by atomic mass is 35.5. The van der Waals surface area contributed by atoms with E-state index >= 15 is 0 Å². The van der Waals surface area contributed by atoms with Crippen LogP contribution < -0.4 is 10.1 Å². The number of halogens is 2. The molecule has 0 aliphatic rings. The fourth-order valence-electron chi connectivity index (χ4n) is 3.27. The highest BCUT2D eigenvalue weighted by Crippen LogP contribution is 2.28. The Bertz CT molecular complexity index is 1420. The van der Waals surface area contributed by atoms with Gasteiger partial charge in [-0.25, -0.2) is 0 Å². The van der Waals surface area contributed by atoms with Crippen molar-refractivity contribution in [2.45, 2.75) is 0 Å². The smallest absolute Gasteiger partial charge is 0.288 e. The molecule has 0 aliphatic carbocycles. The van der Waals surface area contributed by atoms with E-state index < -0.39 is 16.6 Å². The number of rotatable bonds is 7. The van der Waals surface area contributed by atoms with E-state index in [-0.39, 0.29) is 27.4 Å². The summed E-state index contributed by atoms with van der Waals surface area (Å²) in [6.07, 6.45) is 0. The first kappa shape index (κ1) is 23.9. The normalized spacial score (nSPS) is 10.5. The van der Waals surface area contributed by atoms with E-state index in [0.29, 0.717) is 22.2 Å². The second kappa shape index (κ2) is 10.4. The molecule has 0 saturated heterocycles. The molecule has 1 amide bonds. The second-order valence-corrected chi connectivity index (χ2v) is 8.18. The van der Waals surface area contributed by atoms with Crippen LogP contribution in [0.1, 0.15) is 26.3 Å². The van der Waals surface area contributed by atoms with E-state index in [1.165, 1.54) is 24.3 Å². The van der Waals surface area contributed by atoms with E-state index in [0.717, 1.165) is 6.07 Å². The molecular formula is C26H16Cl2N2O5. The van der Waals surface area contributed by atoms with Gasteiger partial charge in [0, 0.05) is 27.9 Å². The minimum atomic E-state index is -0.669. The standard InChI is InChI=1S/C26H16Cl2N2O5/c27-17-6-10-19(11-7-17)35-20-12-8-18(9-13-20)29-26(32)22-4-2-1-3-21(22)25(31)16-5-14-23(28)24(15-16)30(33)34/h1-15H,(H,29,32). The van der Waals surface area contributed by atoms with E-state index in [9.17, 15) is 19.7 Å². The maximum atomic E-state index is 13.1. The van der Waals surface area contributed by atoms with Crippen LogP contribution in [0.3, 0.4) is 0 Å². The van der Waals surface area contributed by atoms with Crippen molar-refractivity contribution in [2.75, 3.05) is 5.32 Å². The number of amides is 1. The molecule has 0 aliphatic heterocycles. The lowest BCUT2D eigenvalue weighted by molar-refractivity contribution is -0.384. The third-order valence-corrected chi connectivity index (χ3v) is 5.55. The molecule has 0 atom stereocenters. The highest BCUT2D eigenvalue weighted by Gasteiger charge is 2.21. The van der Waals surface area contributed by atoms with Gasteiger partial charge in [0.2, 0.25) is 0 Å². The monoisotopic (exact) mass is 506 g/mol. The Morgan fingerprint density at radius 1 is 0.800 bits per heavy atom. The number of nitro groups is 1. The van der Waals surface area contributed by atoms with Gasteiger partial charge in [-0.1, -0.05) is 41.4 Å². The van der Waals surface area contributed by atoms with Crippen LogP contribution in [0, 0.1) is 10.1 Å². The molecule has 4 rings (SSSR count). The molecule has 4 aromatic carbocycles. The van der Waals surface area contributed by atoms with Crippen LogP contribution in [-0.2, 0) is 0 Å². The largest absolute Gasteiger partial charge is 0.457 e. The van der Waals surface area contributed by atoms with Crippen molar-refractivity contribution in [1.82, 2.24) is 0 Å². The first-order valence-corrected chi connectivity index (χ1v) is 11.0. The molecule has 0 fully saturated rings. The summed E-state index contributed by atoms with van der Waals surface area (Å²) in [5.74, 6) is 0.123. The highest BCUT2D eigenvalue weighted by molar-refractivity contribution is 6.33. The quantitative estimate of drug-likeness (QED) is 0.162. The van der Waals surface area contributed by atoms with Gasteiger partial charge < -0.3 is 10.1 Å². The fraction of sp³-hybridized carbons (Fsp3) is 0. The zero-order valence-electron chi connectivity index (χ0n) is 17.9. The van der Waals surface area contributed by atoms with Gasteiger partial charge in [0.05, 0.1) is 10.5 Å². The number of anilines is 1. The molecule has 4 aromatic rings. The molecule has 0 radical (unpaired) electrons. The van der Waals surface area contributed by atoms with Crippen LogP contribution in [0.5, 0.6) is 11.5 Å². The number of ether oxygens (including phenoxy) is 1. The maximum absolute atomic E-state index is 13.1. The molecule has 0 bridgehead atoms. The molecule has 174 valence electrons. The third-order valence-electron chi connectivity index (χ3n) is 4.98. The average molecular weight is 507 g/mol. The first-order chi connectivity index (χ1) is 16.8. The van der Waals surface area contributed by atoms with Gasteiger partial charge in [0.1, 0.15) is 16.5 Å². The lowest BCUT2D eigenvalue weighted by atomic mass is 9.97. The zero-order valence-corrected chi connectivity index (χ0v) is 19.4. The molecule has 35 heavy (non-hydrogen) atoms. The fourth-order valence-corrected chi connectivity index (χ4v) is 3.58. The molecule has 1 N–H and O–H groups in total. The number of nitrogens with one attached hydrogen (secondary N) is 1. The topological polar surface area (TPSA) is 98.5 Å². The average Bonchev–Trinajstić information content (AvgIpc) is 2.86. The lowest BCUT2D eigenvalue weighted by Crippen LogP contribution is -2.17. The Hall–Kier alpha value is -4.20. The first-order valence-electron chi connectivity index (χ1n) is 10.2. The van der Waals surface area contributed by atoms with Crippen LogP contribution in [0.15, 0.2) is 91.0 Å². The van der Waals surface area contributed by atoms with Crippen LogP contribution in [0.4, 0.5) is 11.4 Å². The van der Waals surface area contributed by atoms with E-state index in [1.807, 2.05) is 0 Å². The molecule has 0 heterocycles. The van der Waals surface area contributed by atoms with Crippen molar-refractivity contribution >= 4 is 46.3 Å². The molecule has 7 nitrogen and oxygen atoms in total. The molecule has 0 spiro atoms. The Labute approximate surface area is 210 Å². The van der Waals surface area contributed by atoms with Gasteiger partial charge in [-0.15, -0.1) is 0 Å². The lowest BCUT2D eigenvalue weighted by Gasteiger charge is -2.11. The van der Waals surface area contributed by atoms with Crippen molar-refractivity contribution in [2.24, 2.45) is 0 Å². The predicted octanol–water partition coefficient (Wildman–Crippen LogP) is 7.18. The summed E-state index contributed by atoms with van der Waals surface area (Å²) >= 11 is 11.7. The number of nitrogens with zero attached hydrogens (tertiary/aromatic N) is 1. The van der Waals surface area contributed by atoms with Crippen molar-refractivity contribution in [3.05, 3.63) is 128 Å². The summed E-state index contributed by atoms with van der Waals surface area (Å²) in [7, 11) is 0. The van der Waals surface area contributed by atoms with Crippen LogP contribution in [-0.4, -0.2) is 16.6 Å². The number of carbonyl (C=O) groups excluding carboxylic acids is 2. The number of nitro benzene ring substituents is 1. The summed E-state index contributed by atoms with van der Waals surface area (Å²) in [6.45, 7) is 0. The van der Waals surface area contributed by atoms with E-state index in [4.69, 9.17) is 27.9 Å². The Morgan fingerprint density at radius 2 is 1.40 bits per heavy atom. The second-order valence-electron chi connectivity index (χ2n) is 7.33. The number of ketones is 1. The van der Waals surface area contributed by atoms with Gasteiger partial charge in [0.15, 0.2) is 5.78 Å². The number of benzene rings is 4. The minimum absolute atomic E-state index is 0.0463. The van der Waals surface area contributed by atoms with Crippen molar-refractivity contribution < 1.29 is 19.2 Å². The van der Waals surface area contributed by atoms with Gasteiger partial charge in [-0.05, 0) is 66.7 Å². The zero-order chi connectivity index (χ0) is 24.9. The third kappa shape index (κ3) is 5.66. The van der Waals surface area contributed by atoms with Gasteiger partial charge in [0.25, 0.3) is 11.6 Å². The van der Waals surface area contributed by atoms with Crippen LogP contribution in [0.2, 0.25) is 10.0 Å². The van der Waals surface area contributed by atoms with Gasteiger partial charge >= 0.3 is 0 Å². The van der Waals surface area contributed by atoms with Crippen molar-refractivity contribution in [3.8, 4) is 11.5 Å². The predicted molar refractivity (Wildman–Crippen MR) is 134 cm³/mol. The maximum Gasteiger partial charge on any atom is 0.288 e. The minimum Gasteiger partial charge on any atom is -0.457 e. The summed E-state index contributed by atoms with van der Waals surface area (Å²) in [6, 6.07) is 23.6. The summed E-state index contributed by atoms with van der Waals surface area (Å²) < 4.78 is 5.74.